The molecule has 0 aromatic carbocycles. The smallest absolute Gasteiger partial charge is 0.333 e. The zero-order chi connectivity index (χ0) is 15.4. The molecule has 2 heterocycles. The van der Waals surface area contributed by atoms with Crippen molar-refractivity contribution in [1.82, 2.24) is 24.9 Å². The van der Waals surface area contributed by atoms with E-state index in [9.17, 15) is 13.6 Å². The molecular formula is C12H14BrF2N5O. The van der Waals surface area contributed by atoms with Gasteiger partial charge in [0.05, 0.1) is 10.2 Å². The second-order valence-electron chi connectivity index (χ2n) is 4.39. The van der Waals surface area contributed by atoms with E-state index in [1.807, 2.05) is 13.1 Å². The Morgan fingerprint density at radius 3 is 2.81 bits per heavy atom. The van der Waals surface area contributed by atoms with E-state index in [1.54, 1.807) is 4.68 Å². The maximum Gasteiger partial charge on any atom is 0.333 e. The van der Waals surface area contributed by atoms with Crippen molar-refractivity contribution in [2.24, 2.45) is 0 Å². The van der Waals surface area contributed by atoms with Crippen molar-refractivity contribution in [3.63, 3.8) is 0 Å². The summed E-state index contributed by atoms with van der Waals surface area (Å²) in [4.78, 5) is 11.7. The number of carbonyl (C=O) groups excluding carboxylic acids is 1. The number of hydrogen-bond acceptors (Lipinski definition) is 3. The normalized spacial score (nSPS) is 11.1. The van der Waals surface area contributed by atoms with E-state index in [0.29, 0.717) is 24.2 Å². The summed E-state index contributed by atoms with van der Waals surface area (Å²) in [6.07, 6.45) is 3.61. The Bertz CT molecular complexity index is 605. The minimum absolute atomic E-state index is 0.0204. The lowest BCUT2D eigenvalue weighted by Gasteiger charge is -2.04. The highest BCUT2D eigenvalue weighted by molar-refractivity contribution is 9.10. The Balaban J connectivity index is 1.76. The number of carbonyl (C=O) groups is 1. The number of alkyl halides is 2. The van der Waals surface area contributed by atoms with Gasteiger partial charge in [0.2, 0.25) is 0 Å². The molecule has 0 aliphatic heterocycles. The molecule has 2 aromatic rings. The van der Waals surface area contributed by atoms with Gasteiger partial charge in [-0.05, 0) is 35.3 Å². The summed E-state index contributed by atoms with van der Waals surface area (Å²) in [5, 5.41) is 10.4. The first-order valence-corrected chi connectivity index (χ1v) is 7.07. The molecule has 9 heteroatoms. The molecule has 0 atom stereocenters. The van der Waals surface area contributed by atoms with Gasteiger partial charge in [-0.2, -0.15) is 19.0 Å². The lowest BCUT2D eigenvalue weighted by atomic mass is 10.3. The van der Waals surface area contributed by atoms with Crippen LogP contribution in [-0.2, 0) is 6.54 Å². The van der Waals surface area contributed by atoms with Gasteiger partial charge >= 0.3 is 6.55 Å². The van der Waals surface area contributed by atoms with Crippen molar-refractivity contribution >= 4 is 21.8 Å². The predicted octanol–water partition coefficient (Wildman–Crippen LogP) is 2.37. The van der Waals surface area contributed by atoms with Gasteiger partial charge in [0.1, 0.15) is 5.69 Å². The average Bonchev–Trinajstić information content (AvgIpc) is 3.03. The number of halogens is 3. The van der Waals surface area contributed by atoms with Crippen LogP contribution in [0.1, 0.15) is 29.2 Å². The topological polar surface area (TPSA) is 64.7 Å². The van der Waals surface area contributed by atoms with E-state index < -0.39 is 12.5 Å². The largest absolute Gasteiger partial charge is 0.351 e. The Hall–Kier alpha value is -1.77. The van der Waals surface area contributed by atoms with Crippen molar-refractivity contribution in [3.05, 3.63) is 34.3 Å². The summed E-state index contributed by atoms with van der Waals surface area (Å²) in [6, 6.07) is 1.26. The molecule has 0 fully saturated rings. The van der Waals surface area contributed by atoms with E-state index in [-0.39, 0.29) is 5.69 Å². The van der Waals surface area contributed by atoms with E-state index in [4.69, 9.17) is 0 Å². The fourth-order valence-electron chi connectivity index (χ4n) is 1.71. The summed E-state index contributed by atoms with van der Waals surface area (Å²) in [5.41, 5.74) is 0.879. The summed E-state index contributed by atoms with van der Waals surface area (Å²) >= 11 is 3.37. The van der Waals surface area contributed by atoms with E-state index in [1.165, 1.54) is 6.07 Å². The van der Waals surface area contributed by atoms with Crippen molar-refractivity contribution in [1.29, 1.82) is 0 Å². The van der Waals surface area contributed by atoms with Gasteiger partial charge in [0, 0.05) is 25.5 Å². The highest BCUT2D eigenvalue weighted by atomic mass is 79.9. The molecule has 21 heavy (non-hydrogen) atoms. The molecule has 2 rings (SSSR count). The summed E-state index contributed by atoms with van der Waals surface area (Å²) in [5.74, 6) is -0.466. The van der Waals surface area contributed by atoms with Crippen LogP contribution in [0.4, 0.5) is 8.78 Å². The highest BCUT2D eigenvalue weighted by Crippen LogP contribution is 2.13. The van der Waals surface area contributed by atoms with Gasteiger partial charge in [0.25, 0.3) is 5.91 Å². The Morgan fingerprint density at radius 1 is 1.48 bits per heavy atom. The second kappa shape index (κ2) is 6.79. The van der Waals surface area contributed by atoms with Gasteiger partial charge < -0.3 is 5.32 Å². The summed E-state index contributed by atoms with van der Waals surface area (Å²) in [7, 11) is 0. The number of amides is 1. The summed E-state index contributed by atoms with van der Waals surface area (Å²) in [6.45, 7) is 0.213. The minimum Gasteiger partial charge on any atom is -0.351 e. The van der Waals surface area contributed by atoms with Crippen molar-refractivity contribution in [3.8, 4) is 0 Å². The van der Waals surface area contributed by atoms with Crippen LogP contribution in [0.5, 0.6) is 0 Å². The number of hydrogen-bond donors (Lipinski definition) is 1. The van der Waals surface area contributed by atoms with Crippen LogP contribution in [0, 0.1) is 6.92 Å². The molecule has 0 saturated carbocycles. The first-order valence-electron chi connectivity index (χ1n) is 6.28. The quantitative estimate of drug-likeness (QED) is 0.803. The van der Waals surface area contributed by atoms with Crippen molar-refractivity contribution in [2.75, 3.05) is 6.54 Å². The number of rotatable bonds is 6. The SMILES string of the molecule is Cc1nn(CCCNC(=O)c2ccn(C(F)F)n2)cc1Br. The van der Waals surface area contributed by atoms with Crippen LogP contribution in [0.3, 0.4) is 0 Å². The average molecular weight is 362 g/mol. The van der Waals surface area contributed by atoms with Crippen molar-refractivity contribution in [2.45, 2.75) is 26.4 Å². The Labute approximate surface area is 128 Å². The molecule has 114 valence electrons. The van der Waals surface area contributed by atoms with E-state index in [0.717, 1.165) is 16.4 Å². The number of aromatic nitrogens is 4. The lowest BCUT2D eigenvalue weighted by molar-refractivity contribution is 0.0560. The van der Waals surface area contributed by atoms with Gasteiger partial charge in [-0.25, -0.2) is 4.68 Å². The van der Waals surface area contributed by atoms with Gasteiger partial charge in [-0.1, -0.05) is 0 Å². The molecule has 0 aliphatic rings. The lowest BCUT2D eigenvalue weighted by Crippen LogP contribution is -2.26. The molecular weight excluding hydrogens is 348 g/mol. The first-order chi connectivity index (χ1) is 9.97. The predicted molar refractivity (Wildman–Crippen MR) is 75.1 cm³/mol. The Morgan fingerprint density at radius 2 is 2.24 bits per heavy atom. The maximum absolute atomic E-state index is 12.3. The highest BCUT2D eigenvalue weighted by Gasteiger charge is 2.12. The van der Waals surface area contributed by atoms with Crippen LogP contribution in [0.15, 0.2) is 22.9 Å². The molecule has 0 unspecified atom stereocenters. The Kier molecular flexibility index (Phi) is 5.05. The molecule has 0 saturated heterocycles. The third-order valence-electron chi connectivity index (χ3n) is 2.78. The summed E-state index contributed by atoms with van der Waals surface area (Å²) < 4.78 is 27.8. The maximum atomic E-state index is 12.3. The zero-order valence-electron chi connectivity index (χ0n) is 11.3. The van der Waals surface area contributed by atoms with Crippen LogP contribution in [-0.4, -0.2) is 32.0 Å². The molecule has 0 spiro atoms. The van der Waals surface area contributed by atoms with Crippen LogP contribution < -0.4 is 5.32 Å². The van der Waals surface area contributed by atoms with E-state index in [2.05, 4.69) is 31.4 Å². The number of nitrogens with one attached hydrogen (secondary N) is 1. The molecule has 0 aliphatic carbocycles. The monoisotopic (exact) mass is 361 g/mol. The molecule has 2 aromatic heterocycles. The van der Waals surface area contributed by atoms with Crippen LogP contribution >= 0.6 is 15.9 Å². The minimum atomic E-state index is -2.74. The zero-order valence-corrected chi connectivity index (χ0v) is 12.8. The van der Waals surface area contributed by atoms with E-state index >= 15 is 0 Å². The fraction of sp³-hybridized carbons (Fsp3) is 0.417. The van der Waals surface area contributed by atoms with Gasteiger partial charge in [-0.15, -0.1) is 0 Å². The molecule has 1 N–H and O–H groups in total. The van der Waals surface area contributed by atoms with Crippen LogP contribution in [0.25, 0.3) is 0 Å². The number of nitrogens with zero attached hydrogens (tertiary/aromatic N) is 4. The first kappa shape index (κ1) is 15.6. The van der Waals surface area contributed by atoms with Gasteiger partial charge in [0.15, 0.2) is 0 Å². The standard InChI is InChI=1S/C12H14BrF2N5O/c1-8-9(13)7-19(17-8)5-2-4-16-11(21)10-3-6-20(18-10)12(14)15/h3,6-7,12H,2,4-5H2,1H3,(H,16,21). The second-order valence-corrected chi connectivity index (χ2v) is 5.25. The van der Waals surface area contributed by atoms with Gasteiger partial charge in [-0.3, -0.25) is 9.48 Å². The third-order valence-corrected chi connectivity index (χ3v) is 3.56. The van der Waals surface area contributed by atoms with Crippen LogP contribution in [0.2, 0.25) is 0 Å². The third kappa shape index (κ3) is 4.10. The fourth-order valence-corrected chi connectivity index (χ4v) is 2.03. The van der Waals surface area contributed by atoms with Crippen molar-refractivity contribution < 1.29 is 13.6 Å². The molecule has 1 amide bonds. The number of aryl methyl sites for hydroxylation is 2. The molecule has 6 nitrogen and oxygen atoms in total. The molecule has 0 bridgehead atoms. The molecule has 0 radical (unpaired) electrons.